The highest BCUT2D eigenvalue weighted by Crippen LogP contribution is 2.12. The molecule has 1 saturated heterocycles. The molecule has 0 saturated carbocycles. The van der Waals surface area contributed by atoms with E-state index in [4.69, 9.17) is 5.21 Å². The summed E-state index contributed by atoms with van der Waals surface area (Å²) in [6, 6.07) is 4.29. The van der Waals surface area contributed by atoms with Crippen LogP contribution in [0.15, 0.2) is 22.7 Å². The molecule has 0 atom stereocenters. The maximum absolute atomic E-state index is 8.63. The van der Waals surface area contributed by atoms with Crippen molar-refractivity contribution in [2.75, 3.05) is 19.6 Å². The van der Waals surface area contributed by atoms with Gasteiger partial charge in [-0.05, 0) is 17.9 Å². The summed E-state index contributed by atoms with van der Waals surface area (Å²) < 4.78 is 0. The number of nitrogens with zero attached hydrogens (tertiary/aromatic N) is 2. The first-order valence-corrected chi connectivity index (χ1v) is 6.21. The highest BCUT2D eigenvalue weighted by Gasteiger charge is 2.14. The summed E-state index contributed by atoms with van der Waals surface area (Å²) in [7, 11) is 0. The van der Waals surface area contributed by atoms with Gasteiger partial charge in [-0.25, -0.2) is 0 Å². The number of oxime groups is 1. The third-order valence-corrected chi connectivity index (χ3v) is 3.77. The SMILES string of the molecule is ON=C1CCN(CCc2cccs2)CC1. The van der Waals surface area contributed by atoms with E-state index in [1.807, 2.05) is 11.3 Å². The standard InChI is InChI=1S/C11H16N2OS/c14-12-10-3-6-13(7-4-10)8-5-11-2-1-9-15-11/h1-2,9,14H,3-8H2. The zero-order chi connectivity index (χ0) is 10.5. The van der Waals surface area contributed by atoms with E-state index in [2.05, 4.69) is 27.6 Å². The average Bonchev–Trinajstić information content (AvgIpc) is 2.80. The van der Waals surface area contributed by atoms with Crippen LogP contribution in [0.25, 0.3) is 0 Å². The van der Waals surface area contributed by atoms with Crippen molar-refractivity contribution in [3.8, 4) is 0 Å². The van der Waals surface area contributed by atoms with Crippen LogP contribution in [0.4, 0.5) is 0 Å². The molecule has 1 aromatic heterocycles. The number of hydrogen-bond acceptors (Lipinski definition) is 4. The van der Waals surface area contributed by atoms with E-state index in [1.165, 1.54) is 4.88 Å². The van der Waals surface area contributed by atoms with Crippen LogP contribution in [0, 0.1) is 0 Å². The molecule has 1 fully saturated rings. The predicted molar refractivity (Wildman–Crippen MR) is 62.9 cm³/mol. The molecule has 82 valence electrons. The van der Waals surface area contributed by atoms with Crippen LogP contribution in [0.2, 0.25) is 0 Å². The molecule has 0 amide bonds. The second kappa shape index (κ2) is 5.28. The van der Waals surface area contributed by atoms with E-state index < -0.39 is 0 Å². The van der Waals surface area contributed by atoms with E-state index >= 15 is 0 Å². The molecule has 1 aliphatic rings. The molecule has 3 nitrogen and oxygen atoms in total. The van der Waals surface area contributed by atoms with Gasteiger partial charge in [-0.3, -0.25) is 0 Å². The van der Waals surface area contributed by atoms with Gasteiger partial charge in [0.1, 0.15) is 0 Å². The molecule has 0 radical (unpaired) electrons. The zero-order valence-corrected chi connectivity index (χ0v) is 9.54. The maximum Gasteiger partial charge on any atom is 0.0596 e. The van der Waals surface area contributed by atoms with E-state index in [-0.39, 0.29) is 0 Å². The van der Waals surface area contributed by atoms with Crippen LogP contribution in [0.3, 0.4) is 0 Å². The highest BCUT2D eigenvalue weighted by atomic mass is 32.1. The average molecular weight is 224 g/mol. The topological polar surface area (TPSA) is 35.8 Å². The van der Waals surface area contributed by atoms with Gasteiger partial charge in [-0.15, -0.1) is 11.3 Å². The lowest BCUT2D eigenvalue weighted by atomic mass is 10.1. The third kappa shape index (κ3) is 3.04. The van der Waals surface area contributed by atoms with Gasteiger partial charge in [-0.2, -0.15) is 0 Å². The van der Waals surface area contributed by atoms with Gasteiger partial charge in [0.05, 0.1) is 5.71 Å². The monoisotopic (exact) mass is 224 g/mol. The summed E-state index contributed by atoms with van der Waals surface area (Å²) in [5.74, 6) is 0. The first-order valence-electron chi connectivity index (χ1n) is 5.33. The minimum absolute atomic E-state index is 0.918. The number of rotatable bonds is 3. The summed E-state index contributed by atoms with van der Waals surface area (Å²) >= 11 is 1.83. The lowest BCUT2D eigenvalue weighted by Gasteiger charge is -2.26. The van der Waals surface area contributed by atoms with Gasteiger partial charge in [-0.1, -0.05) is 11.2 Å². The molecule has 4 heteroatoms. The largest absolute Gasteiger partial charge is 0.411 e. The van der Waals surface area contributed by atoms with E-state index in [1.54, 1.807) is 0 Å². The number of thiophene rings is 1. The zero-order valence-electron chi connectivity index (χ0n) is 8.72. The summed E-state index contributed by atoms with van der Waals surface area (Å²) in [5, 5.41) is 14.0. The number of likely N-dealkylation sites (tertiary alicyclic amines) is 1. The summed E-state index contributed by atoms with van der Waals surface area (Å²) in [4.78, 5) is 3.89. The lowest BCUT2D eigenvalue weighted by molar-refractivity contribution is 0.266. The smallest absolute Gasteiger partial charge is 0.0596 e. The quantitative estimate of drug-likeness (QED) is 0.631. The second-order valence-electron chi connectivity index (χ2n) is 3.84. The molecule has 0 bridgehead atoms. The molecule has 15 heavy (non-hydrogen) atoms. The Morgan fingerprint density at radius 2 is 2.20 bits per heavy atom. The second-order valence-corrected chi connectivity index (χ2v) is 4.87. The molecule has 2 rings (SSSR count). The Morgan fingerprint density at radius 1 is 1.40 bits per heavy atom. The lowest BCUT2D eigenvalue weighted by Crippen LogP contribution is -2.35. The summed E-state index contributed by atoms with van der Waals surface area (Å²) in [5.41, 5.74) is 0.947. The van der Waals surface area contributed by atoms with Crippen LogP contribution in [0.5, 0.6) is 0 Å². The molecular formula is C11H16N2OS. The molecule has 1 aliphatic heterocycles. The van der Waals surface area contributed by atoms with Gasteiger partial charge >= 0.3 is 0 Å². The van der Waals surface area contributed by atoms with Crippen LogP contribution < -0.4 is 0 Å². The summed E-state index contributed by atoms with van der Waals surface area (Å²) in [6.45, 7) is 3.19. The highest BCUT2D eigenvalue weighted by molar-refractivity contribution is 7.09. The molecule has 2 heterocycles. The van der Waals surface area contributed by atoms with Gasteiger partial charge in [0, 0.05) is 37.4 Å². The molecule has 0 aliphatic carbocycles. The van der Waals surface area contributed by atoms with Crippen molar-refractivity contribution in [2.24, 2.45) is 5.16 Å². The number of hydrogen-bond donors (Lipinski definition) is 1. The fourth-order valence-corrected chi connectivity index (χ4v) is 2.56. The fourth-order valence-electron chi connectivity index (χ4n) is 1.86. The van der Waals surface area contributed by atoms with Crippen molar-refractivity contribution in [2.45, 2.75) is 19.3 Å². The van der Waals surface area contributed by atoms with Crippen LogP contribution in [-0.4, -0.2) is 35.5 Å². The molecular weight excluding hydrogens is 208 g/mol. The molecule has 0 spiro atoms. The Balaban J connectivity index is 1.73. The van der Waals surface area contributed by atoms with Crippen molar-refractivity contribution < 1.29 is 5.21 Å². The van der Waals surface area contributed by atoms with Crippen molar-refractivity contribution in [3.63, 3.8) is 0 Å². The van der Waals surface area contributed by atoms with E-state index in [9.17, 15) is 0 Å². The van der Waals surface area contributed by atoms with Crippen LogP contribution in [0.1, 0.15) is 17.7 Å². The Morgan fingerprint density at radius 3 is 2.80 bits per heavy atom. The van der Waals surface area contributed by atoms with E-state index in [0.717, 1.165) is 44.6 Å². The molecule has 0 unspecified atom stereocenters. The minimum Gasteiger partial charge on any atom is -0.411 e. The van der Waals surface area contributed by atoms with Gasteiger partial charge < -0.3 is 10.1 Å². The Hall–Kier alpha value is -0.870. The first kappa shape index (κ1) is 10.6. The first-order chi connectivity index (χ1) is 7.38. The minimum atomic E-state index is 0.918. The van der Waals surface area contributed by atoms with Gasteiger partial charge in [0.2, 0.25) is 0 Å². The summed E-state index contributed by atoms with van der Waals surface area (Å²) in [6.07, 6.45) is 2.98. The Kier molecular flexibility index (Phi) is 3.75. The third-order valence-electron chi connectivity index (χ3n) is 2.83. The Labute approximate surface area is 94.0 Å². The van der Waals surface area contributed by atoms with Crippen LogP contribution in [-0.2, 0) is 6.42 Å². The fraction of sp³-hybridized carbons (Fsp3) is 0.545. The normalized spacial score (nSPS) is 18.0. The molecule has 1 aromatic rings. The van der Waals surface area contributed by atoms with Crippen LogP contribution >= 0.6 is 11.3 Å². The predicted octanol–water partition coefficient (Wildman–Crippen LogP) is 2.22. The molecule has 0 aromatic carbocycles. The van der Waals surface area contributed by atoms with Crippen molar-refractivity contribution in [3.05, 3.63) is 22.4 Å². The van der Waals surface area contributed by atoms with Crippen molar-refractivity contribution >= 4 is 17.0 Å². The number of piperidine rings is 1. The van der Waals surface area contributed by atoms with Gasteiger partial charge in [0.25, 0.3) is 0 Å². The van der Waals surface area contributed by atoms with Gasteiger partial charge in [0.15, 0.2) is 0 Å². The maximum atomic E-state index is 8.63. The Bertz CT molecular complexity index is 311. The molecule has 1 N–H and O–H groups in total. The van der Waals surface area contributed by atoms with Crippen molar-refractivity contribution in [1.29, 1.82) is 0 Å². The van der Waals surface area contributed by atoms with E-state index in [0.29, 0.717) is 0 Å². The van der Waals surface area contributed by atoms with Crippen molar-refractivity contribution in [1.82, 2.24) is 4.90 Å².